The Morgan fingerprint density at radius 3 is 2.87 bits per heavy atom. The Morgan fingerprint density at radius 2 is 2.22 bits per heavy atom. The highest BCUT2D eigenvalue weighted by Gasteiger charge is 2.35. The number of carbonyl (C=O) groups excluding carboxylic acids is 1. The van der Waals surface area contributed by atoms with Gasteiger partial charge in [-0.15, -0.1) is 0 Å². The maximum Gasteiger partial charge on any atom is 0.222 e. The minimum absolute atomic E-state index is 0.0836. The van der Waals surface area contributed by atoms with Crippen molar-refractivity contribution in [2.75, 3.05) is 13.6 Å². The Labute approximate surface area is 136 Å². The molecular weight excluding hydrogens is 292 g/mol. The number of rotatable bonds is 5. The molecule has 1 aliphatic rings. The summed E-state index contributed by atoms with van der Waals surface area (Å²) in [6.45, 7) is 3.67. The van der Waals surface area contributed by atoms with Gasteiger partial charge in [0, 0.05) is 45.4 Å². The molecule has 1 saturated heterocycles. The molecule has 3 rings (SSSR count). The fraction of sp³-hybridized carbons (Fsp3) is 0.562. The van der Waals surface area contributed by atoms with Crippen molar-refractivity contribution in [3.8, 4) is 0 Å². The third kappa shape index (κ3) is 3.29. The molecular formula is C16H24N6O. The van der Waals surface area contributed by atoms with E-state index in [0.717, 1.165) is 36.3 Å². The van der Waals surface area contributed by atoms with Crippen LogP contribution in [0.5, 0.6) is 0 Å². The minimum atomic E-state index is 0.0836. The van der Waals surface area contributed by atoms with Gasteiger partial charge in [-0.25, -0.2) is 0 Å². The van der Waals surface area contributed by atoms with Crippen LogP contribution in [-0.2, 0) is 18.4 Å². The van der Waals surface area contributed by atoms with Crippen LogP contribution in [0.3, 0.4) is 0 Å². The highest BCUT2D eigenvalue weighted by molar-refractivity contribution is 5.77. The second-order valence-corrected chi connectivity index (χ2v) is 6.36. The molecule has 0 bridgehead atoms. The number of H-pyrrole nitrogens is 1. The predicted molar refractivity (Wildman–Crippen MR) is 86.5 cm³/mol. The fourth-order valence-electron chi connectivity index (χ4n) is 3.35. The Bertz CT molecular complexity index is 676. The van der Waals surface area contributed by atoms with E-state index < -0.39 is 0 Å². The standard InChI is InChI=1S/C16H24N6O/c1-11-6-18-20-14(11)9-17-7-12-4-5-15(23)22(3)16(12)13-8-19-21(2)10-13/h6,8,10,12,16-17H,4-5,7,9H2,1-3H3,(H,18,20)/t12-,16+/m1/s1. The molecule has 3 heterocycles. The zero-order valence-corrected chi connectivity index (χ0v) is 13.9. The zero-order valence-electron chi connectivity index (χ0n) is 13.9. The van der Waals surface area contributed by atoms with Crippen LogP contribution in [0.15, 0.2) is 18.6 Å². The fourth-order valence-corrected chi connectivity index (χ4v) is 3.35. The summed E-state index contributed by atoms with van der Waals surface area (Å²) in [7, 11) is 3.80. The molecule has 124 valence electrons. The maximum absolute atomic E-state index is 12.1. The molecule has 2 aromatic heterocycles. The number of amides is 1. The van der Waals surface area contributed by atoms with E-state index in [9.17, 15) is 4.79 Å². The van der Waals surface area contributed by atoms with Crippen LogP contribution < -0.4 is 5.32 Å². The van der Waals surface area contributed by atoms with E-state index in [1.165, 1.54) is 0 Å². The summed E-state index contributed by atoms with van der Waals surface area (Å²) in [5.41, 5.74) is 3.38. The Balaban J connectivity index is 1.68. The van der Waals surface area contributed by atoms with E-state index in [-0.39, 0.29) is 11.9 Å². The molecule has 0 saturated carbocycles. The van der Waals surface area contributed by atoms with Crippen LogP contribution in [0.4, 0.5) is 0 Å². The minimum Gasteiger partial charge on any atom is -0.338 e. The largest absolute Gasteiger partial charge is 0.338 e. The Hall–Kier alpha value is -2.15. The number of aromatic amines is 1. The highest BCUT2D eigenvalue weighted by atomic mass is 16.2. The summed E-state index contributed by atoms with van der Waals surface area (Å²) >= 11 is 0. The molecule has 0 radical (unpaired) electrons. The van der Waals surface area contributed by atoms with Crippen molar-refractivity contribution in [1.82, 2.24) is 30.2 Å². The van der Waals surface area contributed by atoms with Gasteiger partial charge in [-0.1, -0.05) is 0 Å². The average molecular weight is 316 g/mol. The number of hydrogen-bond acceptors (Lipinski definition) is 4. The van der Waals surface area contributed by atoms with Gasteiger partial charge in [0.05, 0.1) is 24.1 Å². The molecule has 1 fully saturated rings. The Kier molecular flexibility index (Phi) is 4.47. The molecule has 2 aromatic rings. The number of aryl methyl sites for hydroxylation is 2. The third-order valence-electron chi connectivity index (χ3n) is 4.69. The van der Waals surface area contributed by atoms with Gasteiger partial charge in [0.1, 0.15) is 0 Å². The molecule has 0 aromatic carbocycles. The highest BCUT2D eigenvalue weighted by Crippen LogP contribution is 2.35. The molecule has 0 unspecified atom stereocenters. The molecule has 23 heavy (non-hydrogen) atoms. The van der Waals surface area contributed by atoms with E-state index in [2.05, 4.69) is 20.6 Å². The molecule has 7 nitrogen and oxygen atoms in total. The van der Waals surface area contributed by atoms with Crippen LogP contribution in [0.1, 0.15) is 35.7 Å². The molecule has 7 heteroatoms. The number of piperidine rings is 1. The van der Waals surface area contributed by atoms with Crippen LogP contribution in [0, 0.1) is 12.8 Å². The molecule has 0 aliphatic carbocycles. The average Bonchev–Trinajstić information content (AvgIpc) is 3.12. The number of hydrogen-bond donors (Lipinski definition) is 2. The van der Waals surface area contributed by atoms with Crippen LogP contribution in [-0.4, -0.2) is 44.4 Å². The summed E-state index contributed by atoms with van der Waals surface area (Å²) in [4.78, 5) is 14.0. The van der Waals surface area contributed by atoms with E-state index in [1.807, 2.05) is 44.5 Å². The summed E-state index contributed by atoms with van der Waals surface area (Å²) in [5.74, 6) is 0.588. The molecule has 2 atom stereocenters. The quantitative estimate of drug-likeness (QED) is 0.867. The smallest absolute Gasteiger partial charge is 0.222 e. The van der Waals surface area contributed by atoms with Gasteiger partial charge in [-0.05, 0) is 24.8 Å². The lowest BCUT2D eigenvalue weighted by atomic mass is 9.85. The first kappa shape index (κ1) is 15.7. The summed E-state index contributed by atoms with van der Waals surface area (Å²) in [5, 5.41) is 14.8. The number of nitrogens with one attached hydrogen (secondary N) is 2. The topological polar surface area (TPSA) is 78.8 Å². The van der Waals surface area contributed by atoms with Gasteiger partial charge in [-0.3, -0.25) is 14.6 Å². The molecule has 1 aliphatic heterocycles. The van der Waals surface area contributed by atoms with Crippen LogP contribution >= 0.6 is 0 Å². The van der Waals surface area contributed by atoms with Gasteiger partial charge in [0.15, 0.2) is 0 Å². The molecule has 1 amide bonds. The first-order valence-corrected chi connectivity index (χ1v) is 8.00. The molecule has 0 spiro atoms. The molecule has 2 N–H and O–H groups in total. The lowest BCUT2D eigenvalue weighted by Gasteiger charge is -2.38. The van der Waals surface area contributed by atoms with E-state index in [4.69, 9.17) is 0 Å². The van der Waals surface area contributed by atoms with Crippen molar-refractivity contribution in [3.05, 3.63) is 35.4 Å². The normalized spacial score (nSPS) is 21.9. The first-order valence-electron chi connectivity index (χ1n) is 8.00. The lowest BCUT2D eigenvalue weighted by molar-refractivity contribution is -0.137. The first-order chi connectivity index (χ1) is 11.1. The van der Waals surface area contributed by atoms with Crippen LogP contribution in [0.25, 0.3) is 0 Å². The number of aromatic nitrogens is 4. The van der Waals surface area contributed by atoms with Gasteiger partial charge in [0.25, 0.3) is 0 Å². The number of likely N-dealkylation sites (tertiary alicyclic amines) is 1. The second kappa shape index (κ2) is 6.54. The SMILES string of the molecule is Cc1cn[nH]c1CNC[C@H]1CCC(=O)N(C)[C@@H]1c1cnn(C)c1. The van der Waals surface area contributed by atoms with E-state index >= 15 is 0 Å². The Morgan fingerprint density at radius 1 is 1.39 bits per heavy atom. The third-order valence-corrected chi connectivity index (χ3v) is 4.69. The van der Waals surface area contributed by atoms with E-state index in [1.54, 1.807) is 4.68 Å². The predicted octanol–water partition coefficient (Wildman–Crippen LogP) is 1.15. The second-order valence-electron chi connectivity index (χ2n) is 6.36. The van der Waals surface area contributed by atoms with Gasteiger partial charge >= 0.3 is 0 Å². The van der Waals surface area contributed by atoms with Gasteiger partial charge < -0.3 is 10.2 Å². The summed E-state index contributed by atoms with van der Waals surface area (Å²) < 4.78 is 1.79. The lowest BCUT2D eigenvalue weighted by Crippen LogP contribution is -2.43. The van der Waals surface area contributed by atoms with Crippen molar-refractivity contribution in [2.45, 2.75) is 32.4 Å². The number of carbonyl (C=O) groups is 1. The number of nitrogens with zero attached hydrogens (tertiary/aromatic N) is 4. The van der Waals surface area contributed by atoms with E-state index in [0.29, 0.717) is 12.3 Å². The van der Waals surface area contributed by atoms with Gasteiger partial charge in [-0.2, -0.15) is 10.2 Å². The van der Waals surface area contributed by atoms with Crippen molar-refractivity contribution < 1.29 is 4.79 Å². The zero-order chi connectivity index (χ0) is 16.4. The summed E-state index contributed by atoms with van der Waals surface area (Å²) in [6, 6.07) is 0.0836. The van der Waals surface area contributed by atoms with Crippen molar-refractivity contribution in [3.63, 3.8) is 0 Å². The maximum atomic E-state index is 12.1. The van der Waals surface area contributed by atoms with Crippen molar-refractivity contribution in [1.29, 1.82) is 0 Å². The van der Waals surface area contributed by atoms with Gasteiger partial charge in [0.2, 0.25) is 5.91 Å². The van der Waals surface area contributed by atoms with Crippen molar-refractivity contribution >= 4 is 5.91 Å². The monoisotopic (exact) mass is 316 g/mol. The van der Waals surface area contributed by atoms with Crippen LogP contribution in [0.2, 0.25) is 0 Å². The summed E-state index contributed by atoms with van der Waals surface area (Å²) in [6.07, 6.45) is 7.22. The van der Waals surface area contributed by atoms with Crippen molar-refractivity contribution in [2.24, 2.45) is 13.0 Å².